The van der Waals surface area contributed by atoms with Gasteiger partial charge in [0.1, 0.15) is 5.70 Å². The Bertz CT molecular complexity index is 1570. The van der Waals surface area contributed by atoms with Gasteiger partial charge in [0.25, 0.3) is 11.8 Å². The summed E-state index contributed by atoms with van der Waals surface area (Å²) in [4.78, 5) is 39.6. The molecule has 0 heterocycles. The first kappa shape index (κ1) is 29.9. The Morgan fingerprint density at radius 2 is 1.46 bits per heavy atom. The third-order valence-electron chi connectivity index (χ3n) is 5.94. The fourth-order valence-corrected chi connectivity index (χ4v) is 4.83. The number of thioether (sulfide) groups is 1. The number of hydrogen-bond acceptors (Lipinski definition) is 4. The maximum Gasteiger partial charge on any atom is 0.272 e. The van der Waals surface area contributed by atoms with E-state index in [4.69, 9.17) is 23.2 Å². The van der Waals surface area contributed by atoms with E-state index < -0.39 is 11.8 Å². The Balaban J connectivity index is 1.42. The minimum atomic E-state index is -0.492. The van der Waals surface area contributed by atoms with E-state index in [0.29, 0.717) is 32.5 Å². The first-order valence-electron chi connectivity index (χ1n) is 12.7. The molecule has 3 N–H and O–H groups in total. The summed E-state index contributed by atoms with van der Waals surface area (Å²) in [6.07, 6.45) is 1.58. The van der Waals surface area contributed by atoms with Crippen molar-refractivity contribution in [3.8, 4) is 0 Å². The number of benzene rings is 4. The quantitative estimate of drug-likeness (QED) is 0.134. The van der Waals surface area contributed by atoms with E-state index in [1.807, 2.05) is 44.2 Å². The van der Waals surface area contributed by atoms with Crippen molar-refractivity contribution >= 4 is 70.1 Å². The Hall–Kier alpha value is -4.04. The molecule has 208 valence electrons. The van der Waals surface area contributed by atoms with E-state index in [1.54, 1.807) is 72.8 Å². The van der Waals surface area contributed by atoms with Gasteiger partial charge in [0, 0.05) is 31.9 Å². The fourth-order valence-electron chi connectivity index (χ4n) is 3.66. The molecule has 6 nitrogen and oxygen atoms in total. The van der Waals surface area contributed by atoms with Gasteiger partial charge in [-0.15, -0.1) is 11.8 Å². The van der Waals surface area contributed by atoms with Gasteiger partial charge < -0.3 is 16.0 Å². The average Bonchev–Trinajstić information content (AvgIpc) is 2.97. The summed E-state index contributed by atoms with van der Waals surface area (Å²) in [5.74, 6) is -1.06. The largest absolute Gasteiger partial charge is 0.325 e. The maximum atomic E-state index is 13.2. The van der Waals surface area contributed by atoms with E-state index in [2.05, 4.69) is 16.0 Å². The van der Waals surface area contributed by atoms with Gasteiger partial charge in [-0.1, -0.05) is 59.6 Å². The third-order valence-corrected chi connectivity index (χ3v) is 7.71. The molecular weight excluding hydrogens is 577 g/mol. The number of nitrogens with one attached hydrogen (secondary N) is 3. The van der Waals surface area contributed by atoms with Crippen molar-refractivity contribution in [3.63, 3.8) is 0 Å². The molecule has 1 unspecified atom stereocenters. The molecule has 4 aromatic carbocycles. The van der Waals surface area contributed by atoms with Crippen LogP contribution in [0.5, 0.6) is 0 Å². The fraction of sp³-hybridized carbons (Fsp3) is 0.0938. The SMILES string of the molecule is Cc1ccc(NC(=O)C(C)Sc2ccc(NC(=O)/C(=C/c3ccc(Cl)cc3)NC(=O)c3ccccc3)cc2)cc1Cl. The minimum absolute atomic E-state index is 0.0705. The van der Waals surface area contributed by atoms with Crippen LogP contribution in [0.3, 0.4) is 0 Å². The first-order chi connectivity index (χ1) is 19.7. The molecule has 0 saturated heterocycles. The molecule has 4 rings (SSSR count). The van der Waals surface area contributed by atoms with Crippen LogP contribution >= 0.6 is 35.0 Å². The van der Waals surface area contributed by atoms with E-state index in [-0.39, 0.29) is 16.9 Å². The number of carbonyl (C=O) groups excluding carboxylic acids is 3. The van der Waals surface area contributed by atoms with Crippen LogP contribution in [-0.4, -0.2) is 23.0 Å². The third kappa shape index (κ3) is 8.72. The highest BCUT2D eigenvalue weighted by Gasteiger charge is 2.17. The van der Waals surface area contributed by atoms with Crippen LogP contribution in [0.25, 0.3) is 6.08 Å². The van der Waals surface area contributed by atoms with Gasteiger partial charge in [0.05, 0.1) is 5.25 Å². The normalized spacial score (nSPS) is 11.9. The zero-order valence-electron chi connectivity index (χ0n) is 22.3. The Labute approximate surface area is 253 Å². The van der Waals surface area contributed by atoms with Gasteiger partial charge in [0.2, 0.25) is 5.91 Å². The summed E-state index contributed by atoms with van der Waals surface area (Å²) in [6, 6.07) is 28.1. The zero-order chi connectivity index (χ0) is 29.4. The lowest BCUT2D eigenvalue weighted by molar-refractivity contribution is -0.115. The summed E-state index contributed by atoms with van der Waals surface area (Å²) in [7, 11) is 0. The van der Waals surface area contributed by atoms with Gasteiger partial charge in [-0.3, -0.25) is 14.4 Å². The summed E-state index contributed by atoms with van der Waals surface area (Å²) in [5, 5.41) is 9.19. The van der Waals surface area contributed by atoms with Crippen LogP contribution in [0.4, 0.5) is 11.4 Å². The predicted molar refractivity (Wildman–Crippen MR) is 169 cm³/mol. The second-order valence-corrected chi connectivity index (χ2v) is 11.4. The number of carbonyl (C=O) groups is 3. The van der Waals surface area contributed by atoms with Crippen molar-refractivity contribution in [2.75, 3.05) is 10.6 Å². The van der Waals surface area contributed by atoms with Gasteiger partial charge in [0.15, 0.2) is 0 Å². The molecule has 0 radical (unpaired) electrons. The maximum absolute atomic E-state index is 13.2. The van der Waals surface area contributed by atoms with Crippen molar-refractivity contribution in [2.24, 2.45) is 0 Å². The number of amides is 3. The van der Waals surface area contributed by atoms with Crippen molar-refractivity contribution in [1.29, 1.82) is 0 Å². The minimum Gasteiger partial charge on any atom is -0.325 e. The van der Waals surface area contributed by atoms with Crippen LogP contribution in [0.2, 0.25) is 10.0 Å². The summed E-state index contributed by atoms with van der Waals surface area (Å²) in [6.45, 7) is 3.71. The van der Waals surface area contributed by atoms with Crippen LogP contribution in [0, 0.1) is 6.92 Å². The highest BCUT2D eigenvalue weighted by Crippen LogP contribution is 2.27. The predicted octanol–water partition coefficient (Wildman–Crippen LogP) is 7.83. The number of hydrogen-bond donors (Lipinski definition) is 3. The molecule has 0 aliphatic heterocycles. The van der Waals surface area contributed by atoms with E-state index >= 15 is 0 Å². The molecule has 9 heteroatoms. The molecule has 0 bridgehead atoms. The summed E-state index contributed by atoms with van der Waals surface area (Å²) >= 11 is 13.5. The highest BCUT2D eigenvalue weighted by atomic mass is 35.5. The highest BCUT2D eigenvalue weighted by molar-refractivity contribution is 8.00. The average molecular weight is 605 g/mol. The first-order valence-corrected chi connectivity index (χ1v) is 14.3. The van der Waals surface area contributed by atoms with Crippen molar-refractivity contribution in [3.05, 3.63) is 129 Å². The van der Waals surface area contributed by atoms with Crippen LogP contribution in [0.15, 0.2) is 108 Å². The molecule has 0 spiro atoms. The summed E-state index contributed by atoms with van der Waals surface area (Å²) < 4.78 is 0. The Morgan fingerprint density at radius 3 is 2.12 bits per heavy atom. The van der Waals surface area contributed by atoms with Gasteiger partial charge in [-0.2, -0.15) is 0 Å². The van der Waals surface area contributed by atoms with Crippen LogP contribution < -0.4 is 16.0 Å². The topological polar surface area (TPSA) is 87.3 Å². The van der Waals surface area contributed by atoms with E-state index in [0.717, 1.165) is 10.5 Å². The van der Waals surface area contributed by atoms with Crippen molar-refractivity contribution in [1.82, 2.24) is 5.32 Å². The second kappa shape index (κ2) is 14.0. The standard InChI is InChI=1S/C32H27Cl2N3O3S/c1-20-8-13-26(19-28(20)34)36-30(38)21(2)41-27-16-14-25(15-17-27)35-32(40)29(18-22-9-11-24(33)12-10-22)37-31(39)23-6-4-3-5-7-23/h3-19,21H,1-2H3,(H,35,40)(H,36,38)(H,37,39)/b29-18-. The van der Waals surface area contributed by atoms with Crippen molar-refractivity contribution in [2.45, 2.75) is 24.0 Å². The molecular formula is C32H27Cl2N3O3S. The molecule has 0 saturated carbocycles. The molecule has 0 aromatic heterocycles. The second-order valence-electron chi connectivity index (χ2n) is 9.12. The summed E-state index contributed by atoms with van der Waals surface area (Å²) in [5.41, 5.74) is 3.29. The lowest BCUT2D eigenvalue weighted by atomic mass is 10.1. The zero-order valence-corrected chi connectivity index (χ0v) is 24.6. The number of rotatable bonds is 9. The number of aryl methyl sites for hydroxylation is 1. The van der Waals surface area contributed by atoms with Gasteiger partial charge >= 0.3 is 0 Å². The lowest BCUT2D eigenvalue weighted by Gasteiger charge is -2.14. The van der Waals surface area contributed by atoms with Gasteiger partial charge in [-0.05, 0) is 91.7 Å². The van der Waals surface area contributed by atoms with E-state index in [1.165, 1.54) is 11.8 Å². The van der Waals surface area contributed by atoms with Crippen LogP contribution in [-0.2, 0) is 9.59 Å². The molecule has 0 aliphatic rings. The molecule has 3 amide bonds. The monoisotopic (exact) mass is 603 g/mol. The van der Waals surface area contributed by atoms with Crippen LogP contribution in [0.1, 0.15) is 28.4 Å². The Kier molecular flexibility index (Phi) is 10.2. The van der Waals surface area contributed by atoms with Crippen molar-refractivity contribution < 1.29 is 14.4 Å². The van der Waals surface area contributed by atoms with Gasteiger partial charge in [-0.25, -0.2) is 0 Å². The Morgan fingerprint density at radius 1 is 0.805 bits per heavy atom. The number of halogens is 2. The molecule has 0 fully saturated rings. The molecule has 0 aliphatic carbocycles. The smallest absolute Gasteiger partial charge is 0.272 e. The molecule has 41 heavy (non-hydrogen) atoms. The lowest BCUT2D eigenvalue weighted by Crippen LogP contribution is -2.30. The number of anilines is 2. The molecule has 1 atom stereocenters. The van der Waals surface area contributed by atoms with E-state index in [9.17, 15) is 14.4 Å². The molecule has 4 aromatic rings.